The van der Waals surface area contributed by atoms with Crippen molar-refractivity contribution in [1.82, 2.24) is 15.1 Å². The molecule has 136 valence electrons. The molecule has 2 fully saturated rings. The summed E-state index contributed by atoms with van der Waals surface area (Å²) in [5.41, 5.74) is 0.239. The lowest BCUT2D eigenvalue weighted by molar-refractivity contribution is -0.139. The van der Waals surface area contributed by atoms with Gasteiger partial charge in [0.15, 0.2) is 0 Å². The second kappa shape index (κ2) is 7.97. The van der Waals surface area contributed by atoms with Crippen LogP contribution in [0.1, 0.15) is 31.2 Å². The number of nitrogens with zero attached hydrogens (tertiary/aromatic N) is 2. The van der Waals surface area contributed by atoms with Crippen molar-refractivity contribution < 1.29 is 14.7 Å². The first-order valence-corrected chi connectivity index (χ1v) is 9.07. The molecule has 2 aliphatic rings. The van der Waals surface area contributed by atoms with Crippen molar-refractivity contribution in [3.8, 4) is 0 Å². The lowest BCUT2D eigenvalue weighted by Crippen LogP contribution is -2.50. The zero-order chi connectivity index (χ0) is 17.7. The highest BCUT2D eigenvalue weighted by atomic mass is 16.3. The van der Waals surface area contributed by atoms with E-state index >= 15 is 0 Å². The van der Waals surface area contributed by atoms with Crippen LogP contribution in [0.3, 0.4) is 0 Å². The number of benzene rings is 1. The van der Waals surface area contributed by atoms with Crippen molar-refractivity contribution in [2.75, 3.05) is 32.7 Å². The topological polar surface area (TPSA) is 72.9 Å². The third-order valence-electron chi connectivity index (χ3n) is 5.03. The molecule has 1 unspecified atom stereocenters. The van der Waals surface area contributed by atoms with E-state index in [9.17, 15) is 14.7 Å². The van der Waals surface area contributed by atoms with Crippen molar-refractivity contribution in [2.24, 2.45) is 0 Å². The second-order valence-electron chi connectivity index (χ2n) is 7.18. The fourth-order valence-corrected chi connectivity index (χ4v) is 3.74. The van der Waals surface area contributed by atoms with Gasteiger partial charge in [-0.25, -0.2) is 0 Å². The van der Waals surface area contributed by atoms with Crippen molar-refractivity contribution in [1.29, 1.82) is 0 Å². The lowest BCUT2D eigenvalue weighted by atomic mass is 9.88. The predicted molar refractivity (Wildman–Crippen MR) is 94.7 cm³/mol. The van der Waals surface area contributed by atoms with Crippen molar-refractivity contribution >= 4 is 11.8 Å². The molecule has 2 saturated heterocycles. The van der Waals surface area contributed by atoms with Crippen LogP contribution in [0.25, 0.3) is 0 Å². The van der Waals surface area contributed by atoms with E-state index in [1.165, 1.54) is 5.56 Å². The van der Waals surface area contributed by atoms with Gasteiger partial charge < -0.3 is 15.3 Å². The number of aliphatic hydroxyl groups is 1. The van der Waals surface area contributed by atoms with Crippen LogP contribution in [0.5, 0.6) is 0 Å². The SMILES string of the molecule is O=C1CCN(C(=O)CC2(O)CCCN(Cc3ccccc3)C2)CCN1. The molecule has 25 heavy (non-hydrogen) atoms. The smallest absolute Gasteiger partial charge is 0.225 e. The Kier molecular flexibility index (Phi) is 5.71. The summed E-state index contributed by atoms with van der Waals surface area (Å²) in [6.45, 7) is 3.69. The van der Waals surface area contributed by atoms with Gasteiger partial charge in [0.05, 0.1) is 12.0 Å². The number of amides is 2. The van der Waals surface area contributed by atoms with E-state index in [-0.39, 0.29) is 18.2 Å². The van der Waals surface area contributed by atoms with Gasteiger partial charge in [0, 0.05) is 39.1 Å². The molecule has 6 heteroatoms. The maximum absolute atomic E-state index is 12.6. The fourth-order valence-electron chi connectivity index (χ4n) is 3.74. The third kappa shape index (κ3) is 5.03. The van der Waals surface area contributed by atoms with Gasteiger partial charge in [0.1, 0.15) is 0 Å². The number of hydrogen-bond donors (Lipinski definition) is 2. The van der Waals surface area contributed by atoms with E-state index < -0.39 is 5.60 Å². The minimum atomic E-state index is -0.978. The lowest BCUT2D eigenvalue weighted by Gasteiger charge is -2.39. The molecule has 6 nitrogen and oxygen atoms in total. The summed E-state index contributed by atoms with van der Waals surface area (Å²) < 4.78 is 0. The summed E-state index contributed by atoms with van der Waals surface area (Å²) in [4.78, 5) is 27.9. The molecule has 1 aromatic carbocycles. The zero-order valence-electron chi connectivity index (χ0n) is 14.6. The summed E-state index contributed by atoms with van der Waals surface area (Å²) in [7, 11) is 0. The number of carbonyl (C=O) groups excluding carboxylic acids is 2. The number of nitrogens with one attached hydrogen (secondary N) is 1. The summed E-state index contributed by atoms with van der Waals surface area (Å²) in [5.74, 6) is -0.0683. The maximum atomic E-state index is 12.6. The van der Waals surface area contributed by atoms with Gasteiger partial charge in [0.2, 0.25) is 11.8 Å². The molecule has 0 bridgehead atoms. The molecular weight excluding hydrogens is 318 g/mol. The molecule has 1 aromatic rings. The highest BCUT2D eigenvalue weighted by Crippen LogP contribution is 2.26. The number of rotatable bonds is 4. The van der Waals surface area contributed by atoms with Crippen LogP contribution in [0, 0.1) is 0 Å². The standard InChI is InChI=1S/C19H27N3O3/c23-17-7-11-22(12-9-20-17)18(24)13-19(25)8-4-10-21(15-19)14-16-5-2-1-3-6-16/h1-3,5-6,25H,4,7-15H2,(H,20,23). The fraction of sp³-hybridized carbons (Fsp3) is 0.579. The molecule has 0 radical (unpaired) electrons. The number of likely N-dealkylation sites (tertiary alicyclic amines) is 1. The Hall–Kier alpha value is -1.92. The van der Waals surface area contributed by atoms with Gasteiger partial charge >= 0.3 is 0 Å². The number of piperidine rings is 1. The second-order valence-corrected chi connectivity index (χ2v) is 7.18. The molecular formula is C19H27N3O3. The molecule has 3 rings (SSSR count). The molecule has 1 atom stereocenters. The van der Waals surface area contributed by atoms with Crippen molar-refractivity contribution in [2.45, 2.75) is 37.8 Å². The summed E-state index contributed by atoms with van der Waals surface area (Å²) in [5, 5.41) is 13.7. The maximum Gasteiger partial charge on any atom is 0.225 e. The third-order valence-corrected chi connectivity index (χ3v) is 5.03. The van der Waals surface area contributed by atoms with Crippen LogP contribution in [-0.4, -0.2) is 65.0 Å². The first-order chi connectivity index (χ1) is 12.0. The van der Waals surface area contributed by atoms with Gasteiger partial charge in [-0.2, -0.15) is 0 Å². The number of carbonyl (C=O) groups is 2. The Bertz CT molecular complexity index is 607. The highest BCUT2D eigenvalue weighted by molar-refractivity contribution is 5.80. The zero-order valence-corrected chi connectivity index (χ0v) is 14.6. The van der Waals surface area contributed by atoms with E-state index in [1.807, 2.05) is 18.2 Å². The Morgan fingerprint density at radius 2 is 2.00 bits per heavy atom. The van der Waals surface area contributed by atoms with Gasteiger partial charge in [-0.3, -0.25) is 14.5 Å². The quantitative estimate of drug-likeness (QED) is 0.845. The van der Waals surface area contributed by atoms with E-state index in [0.29, 0.717) is 39.0 Å². The van der Waals surface area contributed by atoms with Crippen LogP contribution >= 0.6 is 0 Å². The number of β-amino-alcohol motifs (C(OH)–C–C–N with tert-alkyl or cyclic N) is 1. The molecule has 2 N–H and O–H groups in total. The van der Waals surface area contributed by atoms with E-state index in [2.05, 4.69) is 22.3 Å². The Labute approximate surface area is 148 Å². The Morgan fingerprint density at radius 3 is 2.80 bits per heavy atom. The molecule has 0 spiro atoms. The Balaban J connectivity index is 1.56. The first-order valence-electron chi connectivity index (χ1n) is 9.07. The van der Waals surface area contributed by atoms with Gasteiger partial charge in [-0.1, -0.05) is 30.3 Å². The normalized spacial score (nSPS) is 25.3. The Morgan fingerprint density at radius 1 is 1.20 bits per heavy atom. The van der Waals surface area contributed by atoms with Crippen LogP contribution < -0.4 is 5.32 Å². The van der Waals surface area contributed by atoms with Crippen molar-refractivity contribution in [3.63, 3.8) is 0 Å². The molecule has 2 heterocycles. The van der Waals surface area contributed by atoms with Crippen molar-refractivity contribution in [3.05, 3.63) is 35.9 Å². The molecule has 0 saturated carbocycles. The monoisotopic (exact) mass is 345 g/mol. The van der Waals surface area contributed by atoms with E-state index in [1.54, 1.807) is 4.90 Å². The summed E-state index contributed by atoms with van der Waals surface area (Å²) in [6.07, 6.45) is 2.00. The molecule has 0 aliphatic carbocycles. The molecule has 0 aromatic heterocycles. The minimum absolute atomic E-state index is 0.0132. The predicted octanol–water partition coefficient (Wildman–Crippen LogP) is 0.752. The average molecular weight is 345 g/mol. The van der Waals surface area contributed by atoms with Crippen LogP contribution in [-0.2, 0) is 16.1 Å². The molecule has 2 aliphatic heterocycles. The minimum Gasteiger partial charge on any atom is -0.388 e. The summed E-state index contributed by atoms with van der Waals surface area (Å²) >= 11 is 0. The highest BCUT2D eigenvalue weighted by Gasteiger charge is 2.36. The van der Waals surface area contributed by atoms with Gasteiger partial charge in [-0.05, 0) is 24.9 Å². The number of hydrogen-bond acceptors (Lipinski definition) is 4. The van der Waals surface area contributed by atoms with E-state index in [4.69, 9.17) is 0 Å². The molecule has 2 amide bonds. The van der Waals surface area contributed by atoms with Gasteiger partial charge in [-0.15, -0.1) is 0 Å². The van der Waals surface area contributed by atoms with Crippen LogP contribution in [0.4, 0.5) is 0 Å². The summed E-state index contributed by atoms with van der Waals surface area (Å²) in [6, 6.07) is 10.2. The van der Waals surface area contributed by atoms with Gasteiger partial charge in [0.25, 0.3) is 0 Å². The van der Waals surface area contributed by atoms with Crippen LogP contribution in [0.2, 0.25) is 0 Å². The average Bonchev–Trinajstić information content (AvgIpc) is 2.80. The first kappa shape index (κ1) is 17.9. The van der Waals surface area contributed by atoms with Crippen LogP contribution in [0.15, 0.2) is 30.3 Å². The largest absolute Gasteiger partial charge is 0.388 e. The van der Waals surface area contributed by atoms with E-state index in [0.717, 1.165) is 19.5 Å².